The minimum Gasteiger partial charge on any atom is -0.396 e. The Morgan fingerprint density at radius 3 is 2.89 bits per heavy atom. The average Bonchev–Trinajstić information content (AvgIpc) is 2.85. The predicted octanol–water partition coefficient (Wildman–Crippen LogP) is 1.71. The van der Waals surface area contributed by atoms with E-state index in [1.165, 1.54) is 11.3 Å². The Kier molecular flexibility index (Phi) is 6.67. The molecule has 1 amide bonds. The molecule has 1 unspecified atom stereocenters. The second kappa shape index (κ2) is 8.05. The Hall–Kier alpha value is -1.14. The number of amides is 1. The third kappa shape index (κ3) is 4.62. The number of anilines is 1. The van der Waals surface area contributed by atoms with E-state index in [-0.39, 0.29) is 12.5 Å². The van der Waals surface area contributed by atoms with Gasteiger partial charge in [0.15, 0.2) is 5.13 Å². The van der Waals surface area contributed by atoms with E-state index in [4.69, 9.17) is 5.11 Å². The minimum atomic E-state index is -0.0898. The lowest BCUT2D eigenvalue weighted by Gasteiger charge is -2.15. The van der Waals surface area contributed by atoms with Gasteiger partial charge < -0.3 is 15.7 Å². The summed E-state index contributed by atoms with van der Waals surface area (Å²) < 4.78 is 0. The van der Waals surface area contributed by atoms with Crippen molar-refractivity contribution < 1.29 is 9.90 Å². The normalized spacial score (nSPS) is 12.2. The van der Waals surface area contributed by atoms with Gasteiger partial charge in [0, 0.05) is 20.2 Å². The van der Waals surface area contributed by atoms with Gasteiger partial charge >= 0.3 is 0 Å². The third-order valence-corrected chi connectivity index (χ3v) is 3.74. The minimum absolute atomic E-state index is 0.0898. The summed E-state index contributed by atoms with van der Waals surface area (Å²) in [5.74, 6) is 0.258. The summed E-state index contributed by atoms with van der Waals surface area (Å²) in [4.78, 5) is 16.5. The van der Waals surface area contributed by atoms with Crippen molar-refractivity contribution in [3.63, 3.8) is 0 Å². The second-order valence-corrected chi connectivity index (χ2v) is 5.19. The van der Waals surface area contributed by atoms with Gasteiger partial charge in [-0.1, -0.05) is 24.7 Å². The first-order chi connectivity index (χ1) is 8.71. The Balaban J connectivity index is 2.43. The van der Waals surface area contributed by atoms with Gasteiger partial charge in [0.1, 0.15) is 4.88 Å². The van der Waals surface area contributed by atoms with E-state index < -0.39 is 0 Å². The van der Waals surface area contributed by atoms with Crippen molar-refractivity contribution in [1.82, 2.24) is 10.3 Å². The number of carbonyl (C=O) groups is 1. The van der Waals surface area contributed by atoms with Crippen LogP contribution in [0.4, 0.5) is 5.13 Å². The molecule has 0 aromatic carbocycles. The molecular weight excluding hydrogens is 250 g/mol. The van der Waals surface area contributed by atoms with Gasteiger partial charge in [-0.2, -0.15) is 0 Å². The SMILES string of the molecule is CCCC(CCO)CNC(=O)c1cnc(NC)s1. The molecular formula is C12H21N3O2S. The largest absolute Gasteiger partial charge is 0.396 e. The Morgan fingerprint density at radius 1 is 1.56 bits per heavy atom. The quantitative estimate of drug-likeness (QED) is 0.673. The smallest absolute Gasteiger partial charge is 0.263 e. The lowest BCUT2D eigenvalue weighted by molar-refractivity contribution is 0.0946. The summed E-state index contributed by atoms with van der Waals surface area (Å²) >= 11 is 1.34. The molecule has 0 aliphatic heterocycles. The first kappa shape index (κ1) is 14.9. The highest BCUT2D eigenvalue weighted by atomic mass is 32.1. The number of aromatic nitrogens is 1. The second-order valence-electron chi connectivity index (χ2n) is 4.16. The number of nitrogens with zero attached hydrogens (tertiary/aromatic N) is 1. The number of hydrogen-bond acceptors (Lipinski definition) is 5. The summed E-state index contributed by atoms with van der Waals surface area (Å²) in [6.45, 7) is 2.89. The van der Waals surface area contributed by atoms with Crippen LogP contribution >= 0.6 is 11.3 Å². The zero-order chi connectivity index (χ0) is 13.4. The van der Waals surface area contributed by atoms with Crippen LogP contribution in [0.3, 0.4) is 0 Å². The maximum absolute atomic E-state index is 11.9. The summed E-state index contributed by atoms with van der Waals surface area (Å²) in [5, 5.41) is 15.5. The van der Waals surface area contributed by atoms with Gasteiger partial charge in [0.2, 0.25) is 0 Å². The predicted molar refractivity (Wildman–Crippen MR) is 74.1 cm³/mol. The summed E-state index contributed by atoms with van der Waals surface area (Å²) in [7, 11) is 1.78. The third-order valence-electron chi connectivity index (χ3n) is 2.73. The molecule has 6 heteroatoms. The highest BCUT2D eigenvalue weighted by Gasteiger charge is 2.13. The maximum Gasteiger partial charge on any atom is 0.263 e. The summed E-state index contributed by atoms with van der Waals surface area (Å²) in [5.41, 5.74) is 0. The lowest BCUT2D eigenvalue weighted by Crippen LogP contribution is -2.29. The molecule has 0 saturated carbocycles. The molecule has 0 bridgehead atoms. The highest BCUT2D eigenvalue weighted by Crippen LogP contribution is 2.17. The number of thiazole rings is 1. The number of aliphatic hydroxyl groups is 1. The van der Waals surface area contributed by atoms with Crippen molar-refractivity contribution in [2.45, 2.75) is 26.2 Å². The number of carbonyl (C=O) groups excluding carboxylic acids is 1. The van der Waals surface area contributed by atoms with Crippen LogP contribution in [0, 0.1) is 5.92 Å². The molecule has 1 aromatic rings. The van der Waals surface area contributed by atoms with Crippen LogP contribution in [0.15, 0.2) is 6.20 Å². The van der Waals surface area contributed by atoms with Gasteiger partial charge in [-0.15, -0.1) is 0 Å². The molecule has 18 heavy (non-hydrogen) atoms. The molecule has 1 aromatic heterocycles. The average molecular weight is 271 g/mol. The van der Waals surface area contributed by atoms with Crippen molar-refractivity contribution in [2.75, 3.05) is 25.5 Å². The van der Waals surface area contributed by atoms with Gasteiger partial charge in [0.05, 0.1) is 6.20 Å². The van der Waals surface area contributed by atoms with Crippen LogP contribution in [-0.4, -0.2) is 36.2 Å². The van der Waals surface area contributed by atoms with Crippen molar-refractivity contribution in [3.8, 4) is 0 Å². The van der Waals surface area contributed by atoms with E-state index in [9.17, 15) is 4.79 Å². The monoisotopic (exact) mass is 271 g/mol. The van der Waals surface area contributed by atoms with E-state index in [0.717, 1.165) is 24.4 Å². The van der Waals surface area contributed by atoms with Crippen molar-refractivity contribution >= 4 is 22.4 Å². The van der Waals surface area contributed by atoms with Crippen LogP contribution in [0.2, 0.25) is 0 Å². The molecule has 1 atom stereocenters. The molecule has 0 aliphatic rings. The summed E-state index contributed by atoms with van der Waals surface area (Å²) in [6.07, 6.45) is 4.39. The van der Waals surface area contributed by atoms with Gasteiger partial charge in [-0.3, -0.25) is 4.79 Å². The Bertz CT molecular complexity index is 362. The van der Waals surface area contributed by atoms with Crippen LogP contribution in [0.1, 0.15) is 35.9 Å². The molecule has 3 N–H and O–H groups in total. The molecule has 1 heterocycles. The topological polar surface area (TPSA) is 74.2 Å². The fourth-order valence-electron chi connectivity index (χ4n) is 1.76. The standard InChI is InChI=1S/C12H21N3O2S/c1-3-4-9(5-6-16)7-14-11(17)10-8-15-12(13-2)18-10/h8-9,16H,3-7H2,1-2H3,(H,13,15)(H,14,17). The lowest BCUT2D eigenvalue weighted by atomic mass is 10.0. The van der Waals surface area contributed by atoms with E-state index >= 15 is 0 Å². The van der Waals surface area contributed by atoms with E-state index in [1.807, 2.05) is 0 Å². The Morgan fingerprint density at radius 2 is 2.33 bits per heavy atom. The summed E-state index contributed by atoms with van der Waals surface area (Å²) in [6, 6.07) is 0. The van der Waals surface area contributed by atoms with Gasteiger partial charge in [-0.05, 0) is 18.8 Å². The van der Waals surface area contributed by atoms with Crippen molar-refractivity contribution in [3.05, 3.63) is 11.1 Å². The highest BCUT2D eigenvalue weighted by molar-refractivity contribution is 7.17. The number of rotatable bonds is 8. The van der Waals surface area contributed by atoms with Crippen LogP contribution < -0.4 is 10.6 Å². The molecule has 0 radical (unpaired) electrons. The zero-order valence-electron chi connectivity index (χ0n) is 10.9. The number of hydrogen-bond donors (Lipinski definition) is 3. The van der Waals surface area contributed by atoms with Gasteiger partial charge in [0.25, 0.3) is 5.91 Å². The molecule has 0 aliphatic carbocycles. The first-order valence-electron chi connectivity index (χ1n) is 6.23. The van der Waals surface area contributed by atoms with Crippen LogP contribution in [0.25, 0.3) is 0 Å². The van der Waals surface area contributed by atoms with E-state index in [2.05, 4.69) is 22.5 Å². The molecule has 102 valence electrons. The maximum atomic E-state index is 11.9. The first-order valence-corrected chi connectivity index (χ1v) is 7.05. The zero-order valence-corrected chi connectivity index (χ0v) is 11.7. The molecule has 1 rings (SSSR count). The molecule has 5 nitrogen and oxygen atoms in total. The molecule has 0 saturated heterocycles. The fraction of sp³-hybridized carbons (Fsp3) is 0.667. The Labute approximate surface area is 112 Å². The van der Waals surface area contributed by atoms with E-state index in [1.54, 1.807) is 13.2 Å². The number of nitrogens with one attached hydrogen (secondary N) is 2. The fourth-order valence-corrected chi connectivity index (χ4v) is 2.44. The van der Waals surface area contributed by atoms with Crippen LogP contribution in [0.5, 0.6) is 0 Å². The molecule has 0 spiro atoms. The van der Waals surface area contributed by atoms with Gasteiger partial charge in [-0.25, -0.2) is 4.98 Å². The van der Waals surface area contributed by atoms with Crippen LogP contribution in [-0.2, 0) is 0 Å². The van der Waals surface area contributed by atoms with Crippen molar-refractivity contribution in [2.24, 2.45) is 5.92 Å². The number of aliphatic hydroxyl groups excluding tert-OH is 1. The van der Waals surface area contributed by atoms with E-state index in [0.29, 0.717) is 17.3 Å². The molecule has 0 fully saturated rings. The van der Waals surface area contributed by atoms with Crippen molar-refractivity contribution in [1.29, 1.82) is 0 Å².